The Labute approximate surface area is 117 Å². The summed E-state index contributed by atoms with van der Waals surface area (Å²) >= 11 is 0. The van der Waals surface area contributed by atoms with Crippen LogP contribution in [0.1, 0.15) is 20.8 Å². The molecule has 0 aromatic heterocycles. The Hall–Kier alpha value is -2.11. The first-order valence-corrected chi connectivity index (χ1v) is 6.15. The third-order valence-corrected chi connectivity index (χ3v) is 2.88. The molecule has 0 heterocycles. The second-order valence-electron chi connectivity index (χ2n) is 5.63. The van der Waals surface area contributed by atoms with Crippen molar-refractivity contribution >= 4 is 17.7 Å². The van der Waals surface area contributed by atoms with Crippen molar-refractivity contribution in [1.82, 2.24) is 5.32 Å². The number of benzene rings is 1. The lowest BCUT2D eigenvalue weighted by molar-refractivity contribution is -0.141. The molecule has 2 amide bonds. The molecule has 0 saturated carbocycles. The molecular formula is C14H19FN2O3. The van der Waals surface area contributed by atoms with Crippen LogP contribution in [-0.2, 0) is 4.79 Å². The van der Waals surface area contributed by atoms with E-state index in [9.17, 15) is 14.0 Å². The van der Waals surface area contributed by atoms with E-state index in [-0.39, 0.29) is 0 Å². The van der Waals surface area contributed by atoms with Crippen LogP contribution < -0.4 is 10.2 Å². The maximum atomic E-state index is 13.1. The molecule has 0 aliphatic carbocycles. The molecule has 1 rings (SSSR count). The van der Waals surface area contributed by atoms with Crippen molar-refractivity contribution in [1.29, 1.82) is 0 Å². The molecule has 110 valence electrons. The van der Waals surface area contributed by atoms with Gasteiger partial charge < -0.3 is 10.4 Å². The van der Waals surface area contributed by atoms with Crippen LogP contribution in [0.15, 0.2) is 24.3 Å². The highest BCUT2D eigenvalue weighted by atomic mass is 19.1. The Morgan fingerprint density at radius 2 is 1.95 bits per heavy atom. The molecule has 0 spiro atoms. The highest BCUT2D eigenvalue weighted by Gasteiger charge is 2.33. The molecule has 0 aliphatic heterocycles. The summed E-state index contributed by atoms with van der Waals surface area (Å²) in [7, 11) is 1.45. The van der Waals surface area contributed by atoms with Gasteiger partial charge in [-0.15, -0.1) is 0 Å². The number of anilines is 1. The summed E-state index contributed by atoms with van der Waals surface area (Å²) in [6, 6.07) is 3.88. The molecule has 6 heteroatoms. The number of urea groups is 1. The van der Waals surface area contributed by atoms with Crippen molar-refractivity contribution in [3.8, 4) is 0 Å². The summed E-state index contributed by atoms with van der Waals surface area (Å²) < 4.78 is 13.1. The summed E-state index contributed by atoms with van der Waals surface area (Å²) in [4.78, 5) is 24.4. The lowest BCUT2D eigenvalue weighted by atomic mass is 9.87. The molecule has 0 saturated heterocycles. The number of carboxylic acid groups (broad SMARTS) is 1. The van der Waals surface area contributed by atoms with Crippen molar-refractivity contribution < 1.29 is 19.1 Å². The van der Waals surface area contributed by atoms with Gasteiger partial charge in [0.05, 0.1) is 0 Å². The van der Waals surface area contributed by atoms with E-state index in [2.05, 4.69) is 5.32 Å². The van der Waals surface area contributed by atoms with Gasteiger partial charge >= 0.3 is 12.0 Å². The molecule has 0 bridgehead atoms. The van der Waals surface area contributed by atoms with E-state index in [0.29, 0.717) is 5.69 Å². The average molecular weight is 282 g/mol. The first-order chi connectivity index (χ1) is 9.12. The Kier molecular flexibility index (Phi) is 4.70. The Morgan fingerprint density at radius 1 is 1.35 bits per heavy atom. The molecule has 0 fully saturated rings. The molecule has 1 aromatic rings. The van der Waals surface area contributed by atoms with Crippen molar-refractivity contribution in [3.63, 3.8) is 0 Å². The van der Waals surface area contributed by atoms with Gasteiger partial charge in [0, 0.05) is 12.7 Å². The first-order valence-electron chi connectivity index (χ1n) is 6.15. The predicted octanol–water partition coefficient (Wildman–Crippen LogP) is 2.47. The summed E-state index contributed by atoms with van der Waals surface area (Å²) in [6.07, 6.45) is 0. The third-order valence-electron chi connectivity index (χ3n) is 2.88. The molecular weight excluding hydrogens is 263 g/mol. The fourth-order valence-corrected chi connectivity index (χ4v) is 1.67. The van der Waals surface area contributed by atoms with E-state index >= 15 is 0 Å². The monoisotopic (exact) mass is 282 g/mol. The Balaban J connectivity index is 2.87. The van der Waals surface area contributed by atoms with E-state index in [1.54, 1.807) is 26.8 Å². The second-order valence-corrected chi connectivity index (χ2v) is 5.63. The van der Waals surface area contributed by atoms with Crippen LogP contribution in [0.4, 0.5) is 14.9 Å². The van der Waals surface area contributed by atoms with Gasteiger partial charge in [-0.3, -0.25) is 4.90 Å². The Morgan fingerprint density at radius 3 is 2.40 bits per heavy atom. The number of amides is 2. The van der Waals surface area contributed by atoms with Crippen LogP contribution in [0.2, 0.25) is 0 Å². The van der Waals surface area contributed by atoms with Gasteiger partial charge in [0.1, 0.15) is 11.9 Å². The lowest BCUT2D eigenvalue weighted by Crippen LogP contribution is -2.52. The number of aliphatic carboxylic acids is 1. The normalized spacial score (nSPS) is 12.7. The van der Waals surface area contributed by atoms with Crippen LogP contribution in [0.3, 0.4) is 0 Å². The third kappa shape index (κ3) is 3.94. The van der Waals surface area contributed by atoms with Crippen molar-refractivity contribution in [3.05, 3.63) is 30.1 Å². The van der Waals surface area contributed by atoms with E-state index in [4.69, 9.17) is 5.11 Å². The smallest absolute Gasteiger partial charge is 0.326 e. The fraction of sp³-hybridized carbons (Fsp3) is 0.429. The summed E-state index contributed by atoms with van der Waals surface area (Å²) in [6.45, 7) is 5.15. The number of rotatable bonds is 3. The number of nitrogens with zero attached hydrogens (tertiary/aromatic N) is 1. The van der Waals surface area contributed by atoms with Gasteiger partial charge in [0.25, 0.3) is 0 Å². The number of hydrogen-bond donors (Lipinski definition) is 2. The molecule has 1 atom stereocenters. The molecule has 0 unspecified atom stereocenters. The zero-order valence-corrected chi connectivity index (χ0v) is 12.0. The highest BCUT2D eigenvalue weighted by molar-refractivity contribution is 5.94. The molecule has 2 N–H and O–H groups in total. The van der Waals surface area contributed by atoms with E-state index in [1.165, 1.54) is 30.1 Å². The zero-order valence-electron chi connectivity index (χ0n) is 12.0. The molecule has 0 aliphatic rings. The first kappa shape index (κ1) is 15.9. The zero-order chi connectivity index (χ0) is 15.5. The van der Waals surface area contributed by atoms with Gasteiger partial charge in [0.15, 0.2) is 0 Å². The number of carboxylic acids is 1. The molecule has 1 aromatic carbocycles. The van der Waals surface area contributed by atoms with E-state index in [1.807, 2.05) is 0 Å². The maximum absolute atomic E-state index is 13.1. The van der Waals surface area contributed by atoms with Gasteiger partial charge in [-0.05, 0) is 23.6 Å². The van der Waals surface area contributed by atoms with Gasteiger partial charge in [-0.2, -0.15) is 0 Å². The van der Waals surface area contributed by atoms with E-state index < -0.39 is 29.3 Å². The highest BCUT2D eigenvalue weighted by Crippen LogP contribution is 2.20. The SMILES string of the molecule is CN(C(=O)N[C@H](C(=O)O)C(C)(C)C)c1cccc(F)c1. The number of nitrogens with one attached hydrogen (secondary N) is 1. The summed E-state index contributed by atoms with van der Waals surface area (Å²) in [5, 5.41) is 11.6. The van der Waals surface area contributed by atoms with Gasteiger partial charge in [-0.1, -0.05) is 26.8 Å². The minimum absolute atomic E-state index is 0.348. The van der Waals surface area contributed by atoms with Crippen LogP contribution >= 0.6 is 0 Å². The minimum Gasteiger partial charge on any atom is -0.480 e. The maximum Gasteiger partial charge on any atom is 0.326 e. The minimum atomic E-state index is -1.11. The lowest BCUT2D eigenvalue weighted by Gasteiger charge is -2.29. The standard InChI is InChI=1S/C14H19FN2O3/c1-14(2,3)11(12(18)19)16-13(20)17(4)10-7-5-6-9(15)8-10/h5-8,11H,1-4H3,(H,16,20)(H,18,19)/t11-/m1/s1. The van der Waals surface area contributed by atoms with Crippen molar-refractivity contribution in [2.24, 2.45) is 5.41 Å². The number of halogens is 1. The van der Waals surface area contributed by atoms with Gasteiger partial charge in [-0.25, -0.2) is 14.0 Å². The quantitative estimate of drug-likeness (QED) is 0.894. The van der Waals surface area contributed by atoms with Crippen molar-refractivity contribution in [2.45, 2.75) is 26.8 Å². The summed E-state index contributed by atoms with van der Waals surface area (Å²) in [5.41, 5.74) is -0.287. The molecule has 20 heavy (non-hydrogen) atoms. The topological polar surface area (TPSA) is 69.6 Å². The Bertz CT molecular complexity index is 511. The fourth-order valence-electron chi connectivity index (χ4n) is 1.67. The average Bonchev–Trinajstić information content (AvgIpc) is 2.32. The van der Waals surface area contributed by atoms with Gasteiger partial charge in [0.2, 0.25) is 0 Å². The largest absolute Gasteiger partial charge is 0.480 e. The van der Waals surface area contributed by atoms with Crippen LogP contribution in [0.25, 0.3) is 0 Å². The number of hydrogen-bond acceptors (Lipinski definition) is 2. The van der Waals surface area contributed by atoms with Crippen LogP contribution in [-0.4, -0.2) is 30.2 Å². The van der Waals surface area contributed by atoms with E-state index in [0.717, 1.165) is 0 Å². The molecule has 0 radical (unpaired) electrons. The van der Waals surface area contributed by atoms with Crippen LogP contribution in [0.5, 0.6) is 0 Å². The number of carbonyl (C=O) groups excluding carboxylic acids is 1. The predicted molar refractivity (Wildman–Crippen MR) is 74.2 cm³/mol. The van der Waals surface area contributed by atoms with Crippen molar-refractivity contribution in [2.75, 3.05) is 11.9 Å². The summed E-state index contributed by atoms with van der Waals surface area (Å²) in [5.74, 6) is -1.58. The van der Waals surface area contributed by atoms with Crippen LogP contribution in [0, 0.1) is 11.2 Å². The molecule has 5 nitrogen and oxygen atoms in total. The number of carbonyl (C=O) groups is 2. The second kappa shape index (κ2) is 5.90.